The Morgan fingerprint density at radius 1 is 1.04 bits per heavy atom. The van der Waals surface area contributed by atoms with Gasteiger partial charge in [0.05, 0.1) is 16.8 Å². The number of hydrogen-bond donors (Lipinski definition) is 1. The number of imide groups is 1. The first-order chi connectivity index (χ1) is 11.4. The largest absolute Gasteiger partial charge is 0.322 e. The van der Waals surface area contributed by atoms with Gasteiger partial charge in [-0.2, -0.15) is 0 Å². The van der Waals surface area contributed by atoms with Gasteiger partial charge in [-0.3, -0.25) is 19.3 Å². The molecule has 0 bridgehead atoms. The van der Waals surface area contributed by atoms with E-state index in [0.717, 1.165) is 28.7 Å². The van der Waals surface area contributed by atoms with Gasteiger partial charge in [-0.05, 0) is 31.2 Å². The highest BCUT2D eigenvalue weighted by molar-refractivity contribution is 6.22. The van der Waals surface area contributed by atoms with Crippen LogP contribution < -0.4 is 5.32 Å². The number of halogens is 2. The lowest BCUT2D eigenvalue weighted by Gasteiger charge is -2.14. The van der Waals surface area contributed by atoms with Crippen molar-refractivity contribution in [3.05, 3.63) is 64.7 Å². The number of nitrogens with one attached hydrogen (secondary N) is 1. The predicted molar refractivity (Wildman–Crippen MR) is 81.5 cm³/mol. The fourth-order valence-corrected chi connectivity index (χ4v) is 2.47. The van der Waals surface area contributed by atoms with Crippen LogP contribution in [0.4, 0.5) is 14.5 Å². The Kier molecular flexibility index (Phi) is 3.84. The van der Waals surface area contributed by atoms with E-state index in [4.69, 9.17) is 0 Å². The van der Waals surface area contributed by atoms with Crippen LogP contribution in [0.2, 0.25) is 0 Å². The topological polar surface area (TPSA) is 66.5 Å². The van der Waals surface area contributed by atoms with Crippen LogP contribution in [-0.4, -0.2) is 29.2 Å². The lowest BCUT2D eigenvalue weighted by atomic mass is 10.1. The summed E-state index contributed by atoms with van der Waals surface area (Å²) in [6.45, 7) is 1.20. The van der Waals surface area contributed by atoms with Crippen molar-refractivity contribution in [1.82, 2.24) is 4.90 Å². The van der Waals surface area contributed by atoms with Crippen LogP contribution in [0.5, 0.6) is 0 Å². The van der Waals surface area contributed by atoms with Gasteiger partial charge in [0.1, 0.15) is 18.2 Å². The molecule has 1 aliphatic rings. The van der Waals surface area contributed by atoms with Gasteiger partial charge in [0.15, 0.2) is 0 Å². The average Bonchev–Trinajstić information content (AvgIpc) is 2.75. The van der Waals surface area contributed by atoms with E-state index in [1.165, 1.54) is 6.07 Å². The Balaban J connectivity index is 1.77. The number of hydrogen-bond acceptors (Lipinski definition) is 3. The number of rotatable bonds is 3. The van der Waals surface area contributed by atoms with Crippen LogP contribution in [0.1, 0.15) is 26.3 Å². The summed E-state index contributed by atoms with van der Waals surface area (Å²) >= 11 is 0. The standard InChI is InChI=1S/C17H12F2N2O3/c1-9-2-4-11-12(6-9)17(24)21(16(11)23)8-15(22)20-14-7-10(18)3-5-13(14)19/h2-7H,8H2,1H3,(H,20,22). The number of benzene rings is 2. The maximum atomic E-state index is 13.5. The Morgan fingerprint density at radius 2 is 1.75 bits per heavy atom. The van der Waals surface area contributed by atoms with Gasteiger partial charge in [0, 0.05) is 6.07 Å². The molecule has 3 amide bonds. The second-order valence-electron chi connectivity index (χ2n) is 5.42. The molecule has 0 aliphatic carbocycles. The van der Waals surface area contributed by atoms with Gasteiger partial charge in [-0.25, -0.2) is 8.78 Å². The Labute approximate surface area is 135 Å². The van der Waals surface area contributed by atoms with Gasteiger partial charge in [0.25, 0.3) is 11.8 Å². The van der Waals surface area contributed by atoms with Crippen molar-refractivity contribution in [1.29, 1.82) is 0 Å². The fourth-order valence-electron chi connectivity index (χ4n) is 2.47. The van der Waals surface area contributed by atoms with Crippen molar-refractivity contribution < 1.29 is 23.2 Å². The summed E-state index contributed by atoms with van der Waals surface area (Å²) in [5.41, 5.74) is 0.899. The summed E-state index contributed by atoms with van der Waals surface area (Å²) in [6, 6.07) is 7.39. The highest BCUT2D eigenvalue weighted by Crippen LogP contribution is 2.24. The second kappa shape index (κ2) is 5.84. The first-order valence-electron chi connectivity index (χ1n) is 7.08. The molecule has 0 unspecified atom stereocenters. The molecule has 0 saturated heterocycles. The van der Waals surface area contributed by atoms with E-state index < -0.39 is 35.9 Å². The summed E-state index contributed by atoms with van der Waals surface area (Å²) in [6.07, 6.45) is 0. The zero-order valence-electron chi connectivity index (χ0n) is 12.6. The maximum Gasteiger partial charge on any atom is 0.262 e. The molecular weight excluding hydrogens is 318 g/mol. The van der Waals surface area contributed by atoms with Gasteiger partial charge >= 0.3 is 0 Å². The van der Waals surface area contributed by atoms with E-state index in [-0.39, 0.29) is 16.8 Å². The van der Waals surface area contributed by atoms with Crippen molar-refractivity contribution in [2.24, 2.45) is 0 Å². The Morgan fingerprint density at radius 3 is 2.50 bits per heavy atom. The summed E-state index contributed by atoms with van der Waals surface area (Å²) < 4.78 is 26.6. The molecule has 0 saturated carbocycles. The number of aryl methyl sites for hydroxylation is 1. The zero-order chi connectivity index (χ0) is 17.4. The third kappa shape index (κ3) is 2.76. The smallest absolute Gasteiger partial charge is 0.262 e. The number of carbonyl (C=O) groups is 3. The van der Waals surface area contributed by atoms with Crippen LogP contribution >= 0.6 is 0 Å². The van der Waals surface area contributed by atoms with Gasteiger partial charge in [0.2, 0.25) is 5.91 Å². The van der Waals surface area contributed by atoms with E-state index in [0.29, 0.717) is 0 Å². The molecule has 1 heterocycles. The quantitative estimate of drug-likeness (QED) is 0.880. The van der Waals surface area contributed by atoms with Crippen molar-refractivity contribution in [2.75, 3.05) is 11.9 Å². The molecule has 0 atom stereocenters. The first-order valence-corrected chi connectivity index (χ1v) is 7.08. The van der Waals surface area contributed by atoms with Crippen LogP contribution in [-0.2, 0) is 4.79 Å². The molecule has 0 aromatic heterocycles. The van der Waals surface area contributed by atoms with Crippen molar-refractivity contribution in [3.8, 4) is 0 Å². The number of amides is 3. The molecule has 2 aromatic rings. The molecule has 1 N–H and O–H groups in total. The summed E-state index contributed by atoms with van der Waals surface area (Å²) in [4.78, 5) is 37.2. The van der Waals surface area contributed by atoms with E-state index in [1.807, 2.05) is 0 Å². The molecule has 122 valence electrons. The summed E-state index contributed by atoms with van der Waals surface area (Å²) in [7, 11) is 0. The minimum atomic E-state index is -0.817. The third-order valence-corrected chi connectivity index (χ3v) is 3.63. The van der Waals surface area contributed by atoms with Crippen LogP contribution in [0.25, 0.3) is 0 Å². The lowest BCUT2D eigenvalue weighted by Crippen LogP contribution is -2.37. The van der Waals surface area contributed by atoms with Gasteiger partial charge in [-0.15, -0.1) is 0 Å². The Hall–Kier alpha value is -3.09. The minimum absolute atomic E-state index is 0.218. The van der Waals surface area contributed by atoms with E-state index >= 15 is 0 Å². The third-order valence-electron chi connectivity index (χ3n) is 3.63. The zero-order valence-corrected chi connectivity index (χ0v) is 12.6. The highest BCUT2D eigenvalue weighted by Gasteiger charge is 2.36. The molecule has 1 aliphatic heterocycles. The van der Waals surface area contributed by atoms with Crippen molar-refractivity contribution in [3.63, 3.8) is 0 Å². The molecule has 24 heavy (non-hydrogen) atoms. The van der Waals surface area contributed by atoms with Crippen molar-refractivity contribution in [2.45, 2.75) is 6.92 Å². The summed E-state index contributed by atoms with van der Waals surface area (Å²) in [5.74, 6) is -3.52. The van der Waals surface area contributed by atoms with Gasteiger partial charge < -0.3 is 5.32 Å². The van der Waals surface area contributed by atoms with E-state index in [1.54, 1.807) is 19.1 Å². The second-order valence-corrected chi connectivity index (χ2v) is 5.42. The molecule has 0 spiro atoms. The SMILES string of the molecule is Cc1ccc2c(c1)C(=O)N(CC(=O)Nc1cc(F)ccc1F)C2=O. The Bertz CT molecular complexity index is 880. The van der Waals surface area contributed by atoms with E-state index in [9.17, 15) is 23.2 Å². The van der Waals surface area contributed by atoms with E-state index in [2.05, 4.69) is 5.32 Å². The highest BCUT2D eigenvalue weighted by atomic mass is 19.1. The molecule has 5 nitrogen and oxygen atoms in total. The molecule has 0 fully saturated rings. The van der Waals surface area contributed by atoms with Crippen LogP contribution in [0, 0.1) is 18.6 Å². The fraction of sp³-hybridized carbons (Fsp3) is 0.118. The average molecular weight is 330 g/mol. The normalized spacial score (nSPS) is 13.2. The predicted octanol–water partition coefficient (Wildman–Crippen LogP) is 2.51. The van der Waals surface area contributed by atoms with Crippen LogP contribution in [0.15, 0.2) is 36.4 Å². The number of nitrogens with zero attached hydrogens (tertiary/aromatic N) is 1. The molecule has 7 heteroatoms. The molecule has 2 aromatic carbocycles. The molecule has 3 rings (SSSR count). The summed E-state index contributed by atoms with van der Waals surface area (Å²) in [5, 5.41) is 2.16. The van der Waals surface area contributed by atoms with Crippen molar-refractivity contribution >= 4 is 23.4 Å². The minimum Gasteiger partial charge on any atom is -0.322 e. The van der Waals surface area contributed by atoms with Crippen LogP contribution in [0.3, 0.4) is 0 Å². The molecule has 0 radical (unpaired) electrons. The number of fused-ring (bicyclic) bond motifs is 1. The molecular formula is C17H12F2N2O3. The van der Waals surface area contributed by atoms with Gasteiger partial charge in [-0.1, -0.05) is 11.6 Å². The number of anilines is 1. The maximum absolute atomic E-state index is 13.5. The first kappa shape index (κ1) is 15.8. The monoisotopic (exact) mass is 330 g/mol. The number of carbonyl (C=O) groups excluding carboxylic acids is 3. The lowest BCUT2D eigenvalue weighted by molar-refractivity contribution is -0.116.